The van der Waals surface area contributed by atoms with Crippen LogP contribution in [0, 0.1) is 0 Å². The number of rotatable bonds is 6. The predicted molar refractivity (Wildman–Crippen MR) is 93.1 cm³/mol. The van der Waals surface area contributed by atoms with E-state index in [-0.39, 0.29) is 6.61 Å². The molecule has 126 valence electrons. The first-order valence-electron chi connectivity index (χ1n) is 7.41. The highest BCUT2D eigenvalue weighted by Crippen LogP contribution is 2.19. The highest BCUT2D eigenvalue weighted by atomic mass is 32.2. The van der Waals surface area contributed by atoms with E-state index in [9.17, 15) is 9.59 Å². The third-order valence-corrected chi connectivity index (χ3v) is 3.92. The van der Waals surface area contributed by atoms with E-state index < -0.39 is 18.1 Å². The van der Waals surface area contributed by atoms with Crippen LogP contribution in [0.2, 0.25) is 0 Å². The van der Waals surface area contributed by atoms with E-state index >= 15 is 0 Å². The molecule has 0 radical (unpaired) electrons. The fraction of sp³-hybridized carbons (Fsp3) is 0.222. The second kappa shape index (κ2) is 8.98. The molecule has 0 unspecified atom stereocenters. The summed E-state index contributed by atoms with van der Waals surface area (Å²) in [5.41, 5.74) is 0.872. The molecule has 1 amide bonds. The molecule has 0 bridgehead atoms. The van der Waals surface area contributed by atoms with Gasteiger partial charge in [0.05, 0.1) is 0 Å². The van der Waals surface area contributed by atoms with Crippen LogP contribution in [0.1, 0.15) is 12.5 Å². The smallest absolute Gasteiger partial charge is 0.408 e. The summed E-state index contributed by atoms with van der Waals surface area (Å²) in [5, 5.41) is 2.45. The number of esters is 1. The van der Waals surface area contributed by atoms with Gasteiger partial charge in [0.15, 0.2) is 0 Å². The van der Waals surface area contributed by atoms with E-state index in [1.54, 1.807) is 30.8 Å². The van der Waals surface area contributed by atoms with E-state index in [4.69, 9.17) is 9.47 Å². The van der Waals surface area contributed by atoms with Crippen molar-refractivity contribution in [2.75, 3.05) is 6.26 Å². The van der Waals surface area contributed by atoms with Gasteiger partial charge >= 0.3 is 12.1 Å². The van der Waals surface area contributed by atoms with Crippen molar-refractivity contribution in [3.05, 3.63) is 60.2 Å². The second-order valence-electron chi connectivity index (χ2n) is 5.02. The monoisotopic (exact) mass is 345 g/mol. The maximum atomic E-state index is 12.0. The number of carbonyl (C=O) groups is 2. The highest BCUT2D eigenvalue weighted by molar-refractivity contribution is 7.98. The van der Waals surface area contributed by atoms with Gasteiger partial charge in [0.1, 0.15) is 18.4 Å². The van der Waals surface area contributed by atoms with Crippen LogP contribution in [0.25, 0.3) is 0 Å². The Morgan fingerprint density at radius 2 is 1.75 bits per heavy atom. The Hall–Kier alpha value is -2.47. The van der Waals surface area contributed by atoms with Crippen molar-refractivity contribution in [2.24, 2.45) is 0 Å². The van der Waals surface area contributed by atoms with Crippen LogP contribution in [0.5, 0.6) is 5.75 Å². The number of ether oxygens (including phenoxy) is 2. The van der Waals surface area contributed by atoms with Gasteiger partial charge < -0.3 is 14.8 Å². The molecular weight excluding hydrogens is 326 g/mol. The van der Waals surface area contributed by atoms with Crippen LogP contribution in [0.15, 0.2) is 59.5 Å². The molecule has 0 heterocycles. The minimum absolute atomic E-state index is 0.143. The van der Waals surface area contributed by atoms with Crippen molar-refractivity contribution < 1.29 is 19.1 Å². The van der Waals surface area contributed by atoms with E-state index in [0.717, 1.165) is 10.5 Å². The van der Waals surface area contributed by atoms with Gasteiger partial charge in [-0.15, -0.1) is 11.8 Å². The Morgan fingerprint density at radius 3 is 2.38 bits per heavy atom. The SMILES string of the molecule is CSc1ccc(OC(=O)[C@H](C)NC(=O)OCc2ccccc2)cc1. The number of thioether (sulfide) groups is 1. The van der Waals surface area contributed by atoms with Crippen LogP contribution in [0.4, 0.5) is 4.79 Å². The van der Waals surface area contributed by atoms with Gasteiger partial charge in [-0.3, -0.25) is 0 Å². The fourth-order valence-electron chi connectivity index (χ4n) is 1.85. The first kappa shape index (κ1) is 17.9. The molecule has 5 nitrogen and oxygen atoms in total. The normalized spacial score (nSPS) is 11.4. The number of alkyl carbamates (subject to hydrolysis) is 1. The molecule has 6 heteroatoms. The number of carbonyl (C=O) groups excluding carboxylic acids is 2. The minimum Gasteiger partial charge on any atom is -0.445 e. The maximum absolute atomic E-state index is 12.0. The Balaban J connectivity index is 1.78. The number of hydrogen-bond acceptors (Lipinski definition) is 5. The van der Waals surface area contributed by atoms with Crippen LogP contribution >= 0.6 is 11.8 Å². The first-order chi connectivity index (χ1) is 11.6. The van der Waals surface area contributed by atoms with Crippen LogP contribution in [-0.4, -0.2) is 24.4 Å². The summed E-state index contributed by atoms with van der Waals surface area (Å²) in [6.45, 7) is 1.69. The van der Waals surface area contributed by atoms with Gasteiger partial charge in [0, 0.05) is 4.90 Å². The van der Waals surface area contributed by atoms with Crippen molar-refractivity contribution in [3.8, 4) is 5.75 Å². The number of amides is 1. The minimum atomic E-state index is -0.812. The number of nitrogens with one attached hydrogen (secondary N) is 1. The highest BCUT2D eigenvalue weighted by Gasteiger charge is 2.18. The zero-order valence-electron chi connectivity index (χ0n) is 13.5. The largest absolute Gasteiger partial charge is 0.445 e. The van der Waals surface area contributed by atoms with Gasteiger partial charge in [-0.05, 0) is 43.0 Å². The summed E-state index contributed by atoms with van der Waals surface area (Å²) in [6, 6.07) is 15.6. The van der Waals surface area contributed by atoms with Crippen molar-refractivity contribution in [1.29, 1.82) is 0 Å². The van der Waals surface area contributed by atoms with Gasteiger partial charge in [-0.1, -0.05) is 30.3 Å². The van der Waals surface area contributed by atoms with E-state index in [1.165, 1.54) is 0 Å². The zero-order valence-corrected chi connectivity index (χ0v) is 14.3. The summed E-state index contributed by atoms with van der Waals surface area (Å²) in [5.74, 6) is -0.118. The van der Waals surface area contributed by atoms with Crippen LogP contribution in [0.3, 0.4) is 0 Å². The second-order valence-corrected chi connectivity index (χ2v) is 5.90. The van der Waals surface area contributed by atoms with E-state index in [0.29, 0.717) is 5.75 Å². The van der Waals surface area contributed by atoms with E-state index in [1.807, 2.05) is 48.7 Å². The number of hydrogen-bond donors (Lipinski definition) is 1. The molecule has 0 saturated heterocycles. The van der Waals surface area contributed by atoms with Crippen LogP contribution < -0.4 is 10.1 Å². The summed E-state index contributed by atoms with van der Waals surface area (Å²) >= 11 is 1.60. The van der Waals surface area contributed by atoms with Crippen molar-refractivity contribution in [3.63, 3.8) is 0 Å². The Labute approximate surface area is 145 Å². The predicted octanol–water partition coefficient (Wildman–Crippen LogP) is 3.63. The topological polar surface area (TPSA) is 64.6 Å². The molecule has 24 heavy (non-hydrogen) atoms. The van der Waals surface area contributed by atoms with Crippen molar-refractivity contribution in [2.45, 2.75) is 24.5 Å². The quantitative estimate of drug-likeness (QED) is 0.492. The lowest BCUT2D eigenvalue weighted by Gasteiger charge is -2.13. The molecule has 0 spiro atoms. The van der Waals surface area contributed by atoms with Gasteiger partial charge in [0.25, 0.3) is 0 Å². The Kier molecular flexibility index (Phi) is 6.69. The molecule has 2 aromatic rings. The molecule has 0 aliphatic carbocycles. The lowest BCUT2D eigenvalue weighted by Crippen LogP contribution is -2.41. The molecule has 2 aromatic carbocycles. The zero-order chi connectivity index (χ0) is 17.4. The molecular formula is C18H19NO4S. The fourth-order valence-corrected chi connectivity index (χ4v) is 2.26. The molecule has 1 N–H and O–H groups in total. The van der Waals surface area contributed by atoms with E-state index in [2.05, 4.69) is 5.32 Å². The molecule has 1 atom stereocenters. The average Bonchev–Trinajstić information content (AvgIpc) is 2.61. The molecule has 0 aliphatic heterocycles. The summed E-state index contributed by atoms with van der Waals surface area (Å²) in [4.78, 5) is 24.8. The number of benzene rings is 2. The summed E-state index contributed by atoms with van der Waals surface area (Å²) in [6.07, 6.45) is 1.30. The maximum Gasteiger partial charge on any atom is 0.408 e. The van der Waals surface area contributed by atoms with Gasteiger partial charge in [-0.25, -0.2) is 9.59 Å². The standard InChI is InChI=1S/C18H19NO4S/c1-13(17(20)23-15-8-10-16(24-2)11-9-15)19-18(21)22-12-14-6-4-3-5-7-14/h3-11,13H,12H2,1-2H3,(H,19,21)/t13-/m0/s1. The summed E-state index contributed by atoms with van der Waals surface area (Å²) in [7, 11) is 0. The lowest BCUT2D eigenvalue weighted by atomic mass is 10.2. The summed E-state index contributed by atoms with van der Waals surface area (Å²) < 4.78 is 10.3. The third kappa shape index (κ3) is 5.62. The molecule has 0 aliphatic rings. The van der Waals surface area contributed by atoms with Crippen molar-refractivity contribution in [1.82, 2.24) is 5.32 Å². The van der Waals surface area contributed by atoms with Crippen molar-refractivity contribution >= 4 is 23.8 Å². The first-order valence-corrected chi connectivity index (χ1v) is 8.64. The van der Waals surface area contributed by atoms with Gasteiger partial charge in [0.2, 0.25) is 0 Å². The molecule has 0 aromatic heterocycles. The Bertz CT molecular complexity index is 673. The van der Waals surface area contributed by atoms with Gasteiger partial charge in [-0.2, -0.15) is 0 Å². The average molecular weight is 345 g/mol. The lowest BCUT2D eigenvalue weighted by molar-refractivity contribution is -0.136. The molecule has 0 saturated carbocycles. The molecule has 2 rings (SSSR count). The molecule has 0 fully saturated rings. The Morgan fingerprint density at radius 1 is 1.08 bits per heavy atom. The van der Waals surface area contributed by atoms with Crippen LogP contribution in [-0.2, 0) is 16.1 Å². The third-order valence-electron chi connectivity index (χ3n) is 3.18.